The number of hydrogen-bond acceptors (Lipinski definition) is 5. The molecule has 0 bridgehead atoms. The third-order valence-corrected chi connectivity index (χ3v) is 10.2. The van der Waals surface area contributed by atoms with E-state index in [4.69, 9.17) is 27.9 Å². The van der Waals surface area contributed by atoms with Gasteiger partial charge < -0.3 is 14.7 Å². The Hall–Kier alpha value is -3.65. The van der Waals surface area contributed by atoms with Crippen LogP contribution in [0.4, 0.5) is 23.2 Å². The average Bonchev–Trinajstić information content (AvgIpc) is 3.83. The summed E-state index contributed by atoms with van der Waals surface area (Å²) < 4.78 is 92.0. The van der Waals surface area contributed by atoms with Crippen LogP contribution >= 0.6 is 23.2 Å². The van der Waals surface area contributed by atoms with Gasteiger partial charge >= 0.3 is 12.1 Å². The Morgan fingerprint density at radius 3 is 2.26 bits per heavy atom. The molecule has 2 aliphatic rings. The van der Waals surface area contributed by atoms with Gasteiger partial charge in [-0.2, -0.15) is 13.2 Å². The van der Waals surface area contributed by atoms with Crippen molar-refractivity contribution in [1.82, 2.24) is 4.90 Å². The molecule has 1 heterocycles. The van der Waals surface area contributed by atoms with Gasteiger partial charge in [0.2, 0.25) is 10.0 Å². The number of sulfonamides is 1. The number of nitrogens with zero attached hydrogens (tertiary/aromatic N) is 2. The van der Waals surface area contributed by atoms with Gasteiger partial charge in [-0.05, 0) is 60.4 Å². The first-order valence-corrected chi connectivity index (χ1v) is 16.2. The predicted octanol–water partition coefficient (Wildman–Crippen LogP) is 7.06. The summed E-state index contributed by atoms with van der Waals surface area (Å²) in [4.78, 5) is 26.6. The number of alkyl halides is 3. The summed E-state index contributed by atoms with van der Waals surface area (Å²) in [6.07, 6.45) is -8.90. The minimum Gasteiger partial charge on any atom is -0.481 e. The lowest BCUT2D eigenvalue weighted by molar-refractivity contribution is -0.175. The van der Waals surface area contributed by atoms with Gasteiger partial charge in [-0.15, -0.1) is 0 Å². The lowest BCUT2D eigenvalue weighted by atomic mass is 9.90. The monoisotopic (exact) mass is 700 g/mol. The van der Waals surface area contributed by atoms with Crippen molar-refractivity contribution in [3.8, 4) is 0 Å². The number of morpholine rings is 1. The first kappa shape index (κ1) is 33.7. The molecule has 8 nitrogen and oxygen atoms in total. The number of aliphatic carboxylic acids is 1. The van der Waals surface area contributed by atoms with Crippen molar-refractivity contribution in [2.75, 3.05) is 10.8 Å². The third kappa shape index (κ3) is 7.49. The lowest BCUT2D eigenvalue weighted by Crippen LogP contribution is -2.53. The van der Waals surface area contributed by atoms with Crippen LogP contribution in [0.5, 0.6) is 0 Å². The number of hydrogen-bond donors (Lipinski definition) is 1. The van der Waals surface area contributed by atoms with E-state index in [9.17, 15) is 36.3 Å². The van der Waals surface area contributed by atoms with Crippen LogP contribution in [0.2, 0.25) is 10.0 Å². The number of para-hydroxylation sites is 1. The van der Waals surface area contributed by atoms with E-state index in [1.807, 2.05) is 0 Å². The number of halogens is 6. The molecule has 1 aliphatic heterocycles. The van der Waals surface area contributed by atoms with E-state index in [1.54, 1.807) is 12.1 Å². The second kappa shape index (κ2) is 13.2. The first-order valence-electron chi connectivity index (χ1n) is 13.9. The molecule has 15 heteroatoms. The number of ether oxygens (including phenoxy) is 1. The highest BCUT2D eigenvalue weighted by Crippen LogP contribution is 2.46. The van der Waals surface area contributed by atoms with Crippen molar-refractivity contribution < 1.29 is 45.4 Å². The summed E-state index contributed by atoms with van der Waals surface area (Å²) in [6.45, 7) is -1.11. The zero-order valence-corrected chi connectivity index (χ0v) is 26.0. The van der Waals surface area contributed by atoms with Crippen molar-refractivity contribution >= 4 is 50.8 Å². The van der Waals surface area contributed by atoms with E-state index in [0.29, 0.717) is 14.8 Å². The summed E-state index contributed by atoms with van der Waals surface area (Å²) in [5.74, 6) is -3.66. The Kier molecular flexibility index (Phi) is 9.69. The molecule has 1 saturated carbocycles. The topological polar surface area (TPSA) is 104 Å². The molecule has 1 N–H and O–H groups in total. The molecule has 3 aromatic rings. The quantitative estimate of drug-likeness (QED) is 0.227. The van der Waals surface area contributed by atoms with E-state index in [2.05, 4.69) is 0 Å². The van der Waals surface area contributed by atoms with Crippen LogP contribution in [0.15, 0.2) is 84.6 Å². The highest BCUT2D eigenvalue weighted by atomic mass is 35.5. The summed E-state index contributed by atoms with van der Waals surface area (Å²) in [5, 5.41) is 9.13. The molecule has 1 amide bonds. The largest absolute Gasteiger partial charge is 0.481 e. The Morgan fingerprint density at radius 1 is 1.00 bits per heavy atom. The molecule has 244 valence electrons. The maximum atomic E-state index is 15.1. The summed E-state index contributed by atoms with van der Waals surface area (Å²) >= 11 is 12.3. The fourth-order valence-corrected chi connectivity index (χ4v) is 7.47. The van der Waals surface area contributed by atoms with Crippen LogP contribution in [0.1, 0.15) is 42.5 Å². The van der Waals surface area contributed by atoms with Crippen LogP contribution in [-0.2, 0) is 24.3 Å². The number of amides is 1. The van der Waals surface area contributed by atoms with Crippen molar-refractivity contribution in [1.29, 1.82) is 0 Å². The third-order valence-electron chi connectivity index (χ3n) is 7.46. The molecule has 46 heavy (non-hydrogen) atoms. The van der Waals surface area contributed by atoms with Gasteiger partial charge in [0.15, 0.2) is 0 Å². The number of carboxylic acids is 1. The Labute approximate surface area is 271 Å². The molecule has 0 spiro atoms. The molecule has 0 radical (unpaired) electrons. The SMILES string of the molecule is O=C(O)C[C@@H]1O[C@H](c2cccc(Cl)c2)[C@@H](c2ccc(Cl)cc2)N(/C(=C/C(F)(F)F)CN(c2ccccc2F)S(=O)(=O)C2CC2)C1=O. The summed E-state index contributed by atoms with van der Waals surface area (Å²) in [6, 6.07) is 15.1. The second-order valence-electron chi connectivity index (χ2n) is 10.8. The number of carbonyl (C=O) groups excluding carboxylic acids is 1. The molecule has 3 aromatic carbocycles. The van der Waals surface area contributed by atoms with Crippen LogP contribution < -0.4 is 4.31 Å². The number of rotatable bonds is 10. The minimum atomic E-state index is -5.10. The van der Waals surface area contributed by atoms with Gasteiger partial charge in [-0.1, -0.05) is 59.6 Å². The fraction of sp³-hybridized carbons (Fsp3) is 0.290. The number of anilines is 1. The van der Waals surface area contributed by atoms with Gasteiger partial charge in [-0.3, -0.25) is 13.9 Å². The number of benzene rings is 3. The molecular weight excluding hydrogens is 675 g/mol. The van der Waals surface area contributed by atoms with E-state index in [-0.39, 0.29) is 34.5 Å². The van der Waals surface area contributed by atoms with Gasteiger partial charge in [0.05, 0.1) is 29.9 Å². The standard InChI is InChI=1S/C31H26Cl2F4N2O6S/c32-20-10-8-18(9-11-20)28-29(19-4-3-5-21(33)14-19)45-26(15-27(40)41)30(42)39(28)22(16-31(35,36)37)17-38(46(43,44)23-12-13-23)25-7-2-1-6-24(25)34/h1-11,14,16,23,26,28-29H,12-13,15,17H2,(H,40,41)/b22-16+/t26-,28+,29+/m0/s1. The Bertz CT molecular complexity index is 1770. The molecular formula is C31H26Cl2F4N2O6S. The highest BCUT2D eigenvalue weighted by molar-refractivity contribution is 7.93. The highest BCUT2D eigenvalue weighted by Gasteiger charge is 2.49. The molecule has 1 aliphatic carbocycles. The zero-order valence-electron chi connectivity index (χ0n) is 23.7. The first-order chi connectivity index (χ1) is 21.7. The molecule has 0 aromatic heterocycles. The maximum Gasteiger partial charge on any atom is 0.411 e. The number of carboxylic acid groups (broad SMARTS) is 1. The zero-order chi connectivity index (χ0) is 33.4. The predicted molar refractivity (Wildman–Crippen MR) is 162 cm³/mol. The molecule has 5 rings (SSSR count). The van der Waals surface area contributed by atoms with E-state index in [1.165, 1.54) is 48.5 Å². The van der Waals surface area contributed by atoms with Crippen molar-refractivity contribution in [2.45, 2.75) is 48.9 Å². The summed E-state index contributed by atoms with van der Waals surface area (Å²) in [7, 11) is -4.41. The molecule has 3 atom stereocenters. The lowest BCUT2D eigenvalue weighted by Gasteiger charge is -2.46. The van der Waals surface area contributed by atoms with Gasteiger partial charge in [0, 0.05) is 21.8 Å². The van der Waals surface area contributed by atoms with Crippen LogP contribution in [-0.4, -0.2) is 54.4 Å². The molecule has 0 unspecified atom stereocenters. The van der Waals surface area contributed by atoms with E-state index in [0.717, 1.165) is 12.1 Å². The van der Waals surface area contributed by atoms with Gasteiger partial charge in [0.25, 0.3) is 5.91 Å². The van der Waals surface area contributed by atoms with Crippen molar-refractivity contribution in [3.05, 3.63) is 112 Å². The smallest absolute Gasteiger partial charge is 0.411 e. The number of carbonyl (C=O) groups is 2. The Morgan fingerprint density at radius 2 is 1.67 bits per heavy atom. The molecule has 2 fully saturated rings. The van der Waals surface area contributed by atoms with Crippen molar-refractivity contribution in [3.63, 3.8) is 0 Å². The van der Waals surface area contributed by atoms with Gasteiger partial charge in [-0.25, -0.2) is 12.8 Å². The fourth-order valence-electron chi connectivity index (χ4n) is 5.32. The second-order valence-corrected chi connectivity index (χ2v) is 13.8. The average molecular weight is 702 g/mol. The van der Waals surface area contributed by atoms with Crippen LogP contribution in [0.3, 0.4) is 0 Å². The van der Waals surface area contributed by atoms with E-state index < -0.39 is 81.7 Å². The Balaban J connectivity index is 1.75. The minimum absolute atomic E-state index is 0.215. The normalized spacial score (nSPS) is 20.9. The maximum absolute atomic E-state index is 15.1. The van der Waals surface area contributed by atoms with Crippen LogP contribution in [0, 0.1) is 5.82 Å². The van der Waals surface area contributed by atoms with Crippen LogP contribution in [0.25, 0.3) is 0 Å². The molecule has 1 saturated heterocycles. The van der Waals surface area contributed by atoms with E-state index >= 15 is 4.39 Å². The summed E-state index contributed by atoms with van der Waals surface area (Å²) in [5.41, 5.74) is -0.870. The number of allylic oxidation sites excluding steroid dienone is 1. The van der Waals surface area contributed by atoms with Gasteiger partial charge in [0.1, 0.15) is 18.0 Å². The van der Waals surface area contributed by atoms with Crippen molar-refractivity contribution in [2.24, 2.45) is 0 Å².